The first kappa shape index (κ1) is 19.0. The number of benzene rings is 2. The standard InChI is InChI=1S/C22H20F2N4O/c23-18-8-7-16(14-19(18)24)22(29)25-17-6-4-5-15(13-17)20-9-10-21(27-26-20)28-11-2-1-3-12-28/h4-10,13-14H,1-3,11-12H2,(H,25,29). The van der Waals surface area contributed by atoms with Crippen LogP contribution in [0, 0.1) is 11.6 Å². The summed E-state index contributed by atoms with van der Waals surface area (Å²) in [6, 6.07) is 14.1. The van der Waals surface area contributed by atoms with Crippen molar-refractivity contribution in [2.24, 2.45) is 0 Å². The molecule has 1 aliphatic rings. The molecule has 5 nitrogen and oxygen atoms in total. The van der Waals surface area contributed by atoms with Crippen LogP contribution in [0.3, 0.4) is 0 Å². The molecule has 3 aromatic rings. The van der Waals surface area contributed by atoms with E-state index in [9.17, 15) is 13.6 Å². The van der Waals surface area contributed by atoms with Crippen LogP contribution in [0.1, 0.15) is 29.6 Å². The van der Waals surface area contributed by atoms with Crippen molar-refractivity contribution < 1.29 is 13.6 Å². The van der Waals surface area contributed by atoms with E-state index in [-0.39, 0.29) is 5.56 Å². The fraction of sp³-hybridized carbons (Fsp3) is 0.227. The monoisotopic (exact) mass is 394 g/mol. The summed E-state index contributed by atoms with van der Waals surface area (Å²) in [5, 5.41) is 11.4. The number of carbonyl (C=O) groups excluding carboxylic acids is 1. The fourth-order valence-electron chi connectivity index (χ4n) is 3.37. The second-order valence-electron chi connectivity index (χ2n) is 6.99. The Morgan fingerprint density at radius 3 is 2.45 bits per heavy atom. The van der Waals surface area contributed by atoms with Gasteiger partial charge >= 0.3 is 0 Å². The van der Waals surface area contributed by atoms with Gasteiger partial charge in [0, 0.05) is 29.9 Å². The minimum Gasteiger partial charge on any atom is -0.355 e. The molecule has 148 valence electrons. The molecule has 7 heteroatoms. The van der Waals surface area contributed by atoms with E-state index >= 15 is 0 Å². The first-order chi connectivity index (χ1) is 14.1. The molecule has 4 rings (SSSR count). The number of anilines is 2. The average molecular weight is 394 g/mol. The van der Waals surface area contributed by atoms with E-state index in [0.717, 1.165) is 36.6 Å². The van der Waals surface area contributed by atoms with Crippen LogP contribution in [-0.4, -0.2) is 29.2 Å². The molecule has 1 amide bonds. The summed E-state index contributed by atoms with van der Waals surface area (Å²) in [6.45, 7) is 2.00. The molecule has 2 heterocycles. The highest BCUT2D eigenvalue weighted by molar-refractivity contribution is 6.04. The summed E-state index contributed by atoms with van der Waals surface area (Å²) >= 11 is 0. The van der Waals surface area contributed by atoms with E-state index in [4.69, 9.17) is 0 Å². The molecule has 0 aliphatic carbocycles. The Morgan fingerprint density at radius 2 is 1.72 bits per heavy atom. The van der Waals surface area contributed by atoms with Crippen molar-refractivity contribution in [1.29, 1.82) is 0 Å². The summed E-state index contributed by atoms with van der Waals surface area (Å²) < 4.78 is 26.4. The lowest BCUT2D eigenvalue weighted by Crippen LogP contribution is -2.30. The molecule has 0 saturated carbocycles. The third kappa shape index (κ3) is 4.39. The van der Waals surface area contributed by atoms with Crippen molar-refractivity contribution >= 4 is 17.4 Å². The SMILES string of the molecule is O=C(Nc1cccc(-c2ccc(N3CCCCC3)nn2)c1)c1ccc(F)c(F)c1. The minimum atomic E-state index is -1.06. The fourth-order valence-corrected chi connectivity index (χ4v) is 3.37. The van der Waals surface area contributed by atoms with E-state index in [1.54, 1.807) is 18.2 Å². The Hall–Kier alpha value is -3.35. The Bertz CT molecular complexity index is 1020. The number of halogens is 2. The maximum atomic E-state index is 13.4. The molecule has 1 aromatic heterocycles. The lowest BCUT2D eigenvalue weighted by molar-refractivity contribution is 0.102. The highest BCUT2D eigenvalue weighted by atomic mass is 19.2. The number of hydrogen-bond donors (Lipinski definition) is 1. The van der Waals surface area contributed by atoms with E-state index < -0.39 is 17.5 Å². The normalized spacial score (nSPS) is 13.9. The molecule has 1 aliphatic heterocycles. The lowest BCUT2D eigenvalue weighted by Gasteiger charge is -2.27. The van der Waals surface area contributed by atoms with E-state index in [1.807, 2.05) is 18.2 Å². The van der Waals surface area contributed by atoms with Gasteiger partial charge in [0.2, 0.25) is 0 Å². The van der Waals surface area contributed by atoms with E-state index in [1.165, 1.54) is 25.3 Å². The molecular formula is C22H20F2N4O. The van der Waals surface area contributed by atoms with Gasteiger partial charge in [0.05, 0.1) is 5.69 Å². The highest BCUT2D eigenvalue weighted by Crippen LogP contribution is 2.23. The van der Waals surface area contributed by atoms with Gasteiger partial charge in [-0.2, -0.15) is 0 Å². The predicted octanol–water partition coefficient (Wildman–Crippen LogP) is 4.66. The topological polar surface area (TPSA) is 58.1 Å². The molecule has 0 bridgehead atoms. The number of rotatable bonds is 4. The number of hydrogen-bond acceptors (Lipinski definition) is 4. The molecule has 0 spiro atoms. The van der Waals surface area contributed by atoms with Gasteiger partial charge in [-0.25, -0.2) is 8.78 Å². The van der Waals surface area contributed by atoms with Crippen LogP contribution in [0.2, 0.25) is 0 Å². The molecule has 2 aromatic carbocycles. The maximum Gasteiger partial charge on any atom is 0.255 e. The van der Waals surface area contributed by atoms with Crippen molar-refractivity contribution in [1.82, 2.24) is 10.2 Å². The third-order valence-corrected chi connectivity index (χ3v) is 4.93. The Labute approximate surface area is 167 Å². The molecule has 0 unspecified atom stereocenters. The maximum absolute atomic E-state index is 13.4. The quantitative estimate of drug-likeness (QED) is 0.699. The number of piperidine rings is 1. The Morgan fingerprint density at radius 1 is 0.897 bits per heavy atom. The van der Waals surface area contributed by atoms with Crippen molar-refractivity contribution in [2.75, 3.05) is 23.3 Å². The summed E-state index contributed by atoms with van der Waals surface area (Å²) in [5.41, 5.74) is 2.06. The van der Waals surface area contributed by atoms with Gasteiger partial charge in [-0.1, -0.05) is 12.1 Å². The van der Waals surface area contributed by atoms with E-state index in [0.29, 0.717) is 11.4 Å². The van der Waals surface area contributed by atoms with Crippen molar-refractivity contribution in [3.63, 3.8) is 0 Å². The number of aromatic nitrogens is 2. The van der Waals surface area contributed by atoms with Crippen molar-refractivity contribution in [2.45, 2.75) is 19.3 Å². The molecule has 29 heavy (non-hydrogen) atoms. The zero-order valence-corrected chi connectivity index (χ0v) is 15.7. The molecular weight excluding hydrogens is 374 g/mol. The second-order valence-corrected chi connectivity index (χ2v) is 6.99. The smallest absolute Gasteiger partial charge is 0.255 e. The molecule has 1 N–H and O–H groups in total. The minimum absolute atomic E-state index is 0.0416. The molecule has 1 fully saturated rings. The van der Waals surface area contributed by atoms with Gasteiger partial charge in [0.15, 0.2) is 17.5 Å². The van der Waals surface area contributed by atoms with Gasteiger partial charge in [0.1, 0.15) is 0 Å². The number of nitrogens with zero attached hydrogens (tertiary/aromatic N) is 3. The van der Waals surface area contributed by atoms with Crippen LogP contribution < -0.4 is 10.2 Å². The van der Waals surface area contributed by atoms with E-state index in [2.05, 4.69) is 20.4 Å². The van der Waals surface area contributed by atoms with Crippen LogP contribution in [-0.2, 0) is 0 Å². The predicted molar refractivity (Wildman–Crippen MR) is 108 cm³/mol. The lowest BCUT2D eigenvalue weighted by atomic mass is 10.1. The van der Waals surface area contributed by atoms with Crippen LogP contribution >= 0.6 is 0 Å². The second kappa shape index (κ2) is 8.34. The van der Waals surface area contributed by atoms with Crippen LogP contribution in [0.4, 0.5) is 20.3 Å². The molecule has 1 saturated heterocycles. The highest BCUT2D eigenvalue weighted by Gasteiger charge is 2.13. The van der Waals surface area contributed by atoms with Gasteiger partial charge in [-0.15, -0.1) is 10.2 Å². The molecule has 0 radical (unpaired) electrons. The van der Waals surface area contributed by atoms with Crippen LogP contribution in [0.5, 0.6) is 0 Å². The average Bonchev–Trinajstić information content (AvgIpc) is 2.76. The van der Waals surface area contributed by atoms with Gasteiger partial charge in [-0.3, -0.25) is 4.79 Å². The summed E-state index contributed by atoms with van der Waals surface area (Å²) in [4.78, 5) is 14.5. The summed E-state index contributed by atoms with van der Waals surface area (Å²) in [7, 11) is 0. The van der Waals surface area contributed by atoms with Gasteiger partial charge in [0.25, 0.3) is 5.91 Å². The zero-order valence-electron chi connectivity index (χ0n) is 15.7. The number of carbonyl (C=O) groups is 1. The van der Waals surface area contributed by atoms with Gasteiger partial charge < -0.3 is 10.2 Å². The van der Waals surface area contributed by atoms with Crippen molar-refractivity contribution in [3.05, 3.63) is 71.8 Å². The molecule has 0 atom stereocenters. The largest absolute Gasteiger partial charge is 0.355 e. The first-order valence-corrected chi connectivity index (χ1v) is 9.56. The first-order valence-electron chi connectivity index (χ1n) is 9.56. The Balaban J connectivity index is 1.49. The Kier molecular flexibility index (Phi) is 5.46. The summed E-state index contributed by atoms with van der Waals surface area (Å²) in [5.74, 6) is -1.70. The van der Waals surface area contributed by atoms with Crippen molar-refractivity contribution in [3.8, 4) is 11.3 Å². The summed E-state index contributed by atoms with van der Waals surface area (Å²) in [6.07, 6.45) is 3.59. The number of amides is 1. The van der Waals surface area contributed by atoms with Gasteiger partial charge in [-0.05, 0) is 61.7 Å². The number of nitrogens with one attached hydrogen (secondary N) is 1. The van der Waals surface area contributed by atoms with Crippen LogP contribution in [0.15, 0.2) is 54.6 Å². The third-order valence-electron chi connectivity index (χ3n) is 4.93. The zero-order chi connectivity index (χ0) is 20.2. The van der Waals surface area contributed by atoms with Crippen LogP contribution in [0.25, 0.3) is 11.3 Å².